The predicted octanol–water partition coefficient (Wildman–Crippen LogP) is 1.59. The topological polar surface area (TPSA) is 81.1 Å². The number of rotatable bonds is 4. The Bertz CT molecular complexity index is 404. The Morgan fingerprint density at radius 3 is 2.56 bits per heavy atom. The average molecular weight is 242 g/mol. The Morgan fingerprint density at radius 1 is 1.50 bits per heavy atom. The first kappa shape index (κ1) is 12.8. The van der Waals surface area contributed by atoms with Crippen LogP contribution in [-0.4, -0.2) is 18.0 Å². The van der Waals surface area contributed by atoms with E-state index >= 15 is 0 Å². The second-order valence-electron chi connectivity index (χ2n) is 4.27. The fraction of sp³-hybridized carbons (Fsp3) is 0.364. The average Bonchev–Trinajstić information content (AvgIpc) is 2.16. The molecule has 1 aromatic rings. The molecule has 5 heteroatoms. The maximum Gasteiger partial charge on any atom is 0.250 e. The third-order valence-electron chi connectivity index (χ3n) is 2.23. The van der Waals surface area contributed by atoms with Crippen LogP contribution in [0.1, 0.15) is 24.2 Å². The second-order valence-corrected chi connectivity index (χ2v) is 4.68. The van der Waals surface area contributed by atoms with E-state index in [0.717, 1.165) is 5.69 Å². The molecule has 1 rings (SSSR count). The molecule has 0 fully saturated rings. The number of nitrogens with one attached hydrogen (secondary N) is 1. The molecule has 0 heterocycles. The molecule has 0 radical (unpaired) electrons. The number of hydrogen-bond donors (Lipinski definition) is 3. The van der Waals surface area contributed by atoms with E-state index in [2.05, 4.69) is 5.32 Å². The number of carbonyl (C=O) groups excluding carboxylic acids is 1. The molecular formula is C11H16ClN3O. The summed E-state index contributed by atoms with van der Waals surface area (Å²) in [6, 6.07) is 5.02. The minimum Gasteiger partial charge on any atom is -0.379 e. The van der Waals surface area contributed by atoms with Crippen LogP contribution in [0, 0.1) is 0 Å². The summed E-state index contributed by atoms with van der Waals surface area (Å²) >= 11 is 5.92. The van der Waals surface area contributed by atoms with Crippen LogP contribution >= 0.6 is 11.6 Å². The van der Waals surface area contributed by atoms with Gasteiger partial charge in [-0.15, -0.1) is 0 Å². The van der Waals surface area contributed by atoms with Gasteiger partial charge in [0.25, 0.3) is 0 Å². The molecule has 0 saturated carbocycles. The van der Waals surface area contributed by atoms with Crippen molar-refractivity contribution in [1.29, 1.82) is 0 Å². The van der Waals surface area contributed by atoms with Crippen molar-refractivity contribution < 1.29 is 4.79 Å². The summed E-state index contributed by atoms with van der Waals surface area (Å²) in [5, 5.41) is 3.55. The molecule has 0 bridgehead atoms. The van der Waals surface area contributed by atoms with E-state index in [1.807, 2.05) is 13.8 Å². The first-order chi connectivity index (χ1) is 7.35. The maximum absolute atomic E-state index is 11.0. The van der Waals surface area contributed by atoms with Crippen molar-refractivity contribution in [2.45, 2.75) is 19.4 Å². The van der Waals surface area contributed by atoms with Gasteiger partial charge in [-0.1, -0.05) is 11.6 Å². The predicted molar refractivity (Wildman–Crippen MR) is 66.7 cm³/mol. The number of benzene rings is 1. The van der Waals surface area contributed by atoms with Gasteiger partial charge in [0, 0.05) is 17.8 Å². The van der Waals surface area contributed by atoms with Gasteiger partial charge in [-0.2, -0.15) is 0 Å². The van der Waals surface area contributed by atoms with Crippen LogP contribution in [0.15, 0.2) is 18.2 Å². The van der Waals surface area contributed by atoms with Crippen LogP contribution in [0.5, 0.6) is 0 Å². The summed E-state index contributed by atoms with van der Waals surface area (Å²) in [5.74, 6) is -0.533. The van der Waals surface area contributed by atoms with Crippen molar-refractivity contribution in [3.8, 4) is 0 Å². The molecule has 0 aliphatic heterocycles. The molecule has 0 unspecified atom stereocenters. The number of amides is 1. The van der Waals surface area contributed by atoms with E-state index in [4.69, 9.17) is 23.1 Å². The third kappa shape index (κ3) is 3.12. The van der Waals surface area contributed by atoms with E-state index in [0.29, 0.717) is 17.1 Å². The minimum absolute atomic E-state index is 0.225. The Kier molecular flexibility index (Phi) is 3.78. The van der Waals surface area contributed by atoms with E-state index in [1.54, 1.807) is 18.2 Å². The van der Waals surface area contributed by atoms with Crippen molar-refractivity contribution in [3.05, 3.63) is 28.8 Å². The second kappa shape index (κ2) is 4.72. The number of nitrogens with two attached hydrogens (primary N) is 2. The molecule has 16 heavy (non-hydrogen) atoms. The highest BCUT2D eigenvalue weighted by Crippen LogP contribution is 2.22. The summed E-state index contributed by atoms with van der Waals surface area (Å²) in [4.78, 5) is 11.0. The van der Waals surface area contributed by atoms with E-state index in [9.17, 15) is 4.79 Å². The highest BCUT2D eigenvalue weighted by atomic mass is 35.5. The Hall–Kier alpha value is -1.26. The third-order valence-corrected chi connectivity index (χ3v) is 2.54. The molecule has 1 aromatic carbocycles. The fourth-order valence-corrected chi connectivity index (χ4v) is 1.51. The largest absolute Gasteiger partial charge is 0.379 e. The standard InChI is InChI=1S/C11H16ClN3O/c1-11(2,6-13)15-7-3-4-8(10(14)16)9(12)5-7/h3-5,15H,6,13H2,1-2H3,(H2,14,16). The fourth-order valence-electron chi connectivity index (χ4n) is 1.23. The Labute approximate surface area is 100.0 Å². The van der Waals surface area contributed by atoms with E-state index in [-0.39, 0.29) is 5.54 Å². The maximum atomic E-state index is 11.0. The monoisotopic (exact) mass is 241 g/mol. The molecule has 0 spiro atoms. The van der Waals surface area contributed by atoms with Gasteiger partial charge in [-0.25, -0.2) is 0 Å². The number of hydrogen-bond acceptors (Lipinski definition) is 3. The lowest BCUT2D eigenvalue weighted by Crippen LogP contribution is -2.39. The van der Waals surface area contributed by atoms with Crippen LogP contribution in [0.2, 0.25) is 5.02 Å². The van der Waals surface area contributed by atoms with Crippen molar-refractivity contribution in [3.63, 3.8) is 0 Å². The lowest BCUT2D eigenvalue weighted by Gasteiger charge is -2.25. The van der Waals surface area contributed by atoms with Gasteiger partial charge in [-0.05, 0) is 32.0 Å². The Balaban J connectivity index is 2.94. The summed E-state index contributed by atoms with van der Waals surface area (Å²) < 4.78 is 0. The molecule has 0 saturated heterocycles. The summed E-state index contributed by atoms with van der Waals surface area (Å²) in [7, 11) is 0. The molecular weight excluding hydrogens is 226 g/mol. The molecule has 0 atom stereocenters. The number of carbonyl (C=O) groups is 1. The lowest BCUT2D eigenvalue weighted by atomic mass is 10.1. The van der Waals surface area contributed by atoms with Gasteiger partial charge < -0.3 is 16.8 Å². The van der Waals surface area contributed by atoms with Gasteiger partial charge in [0.15, 0.2) is 0 Å². The highest BCUT2D eigenvalue weighted by Gasteiger charge is 2.15. The normalized spacial score (nSPS) is 11.2. The van der Waals surface area contributed by atoms with Gasteiger partial charge in [0.2, 0.25) is 5.91 Å². The zero-order chi connectivity index (χ0) is 12.3. The Morgan fingerprint density at radius 2 is 2.12 bits per heavy atom. The summed E-state index contributed by atoms with van der Waals surface area (Å²) in [6.45, 7) is 4.44. The molecule has 0 aliphatic carbocycles. The van der Waals surface area contributed by atoms with Gasteiger partial charge in [0.1, 0.15) is 0 Å². The van der Waals surface area contributed by atoms with Crippen molar-refractivity contribution in [2.75, 3.05) is 11.9 Å². The number of primary amides is 1. The first-order valence-electron chi connectivity index (χ1n) is 4.93. The molecule has 4 nitrogen and oxygen atoms in total. The van der Waals surface area contributed by atoms with Crippen LogP contribution in [0.3, 0.4) is 0 Å². The van der Waals surface area contributed by atoms with Crippen LogP contribution < -0.4 is 16.8 Å². The van der Waals surface area contributed by atoms with Crippen molar-refractivity contribution in [1.82, 2.24) is 0 Å². The zero-order valence-corrected chi connectivity index (χ0v) is 10.1. The summed E-state index contributed by atoms with van der Waals surface area (Å²) in [6.07, 6.45) is 0. The number of anilines is 1. The van der Waals surface area contributed by atoms with Crippen molar-refractivity contribution >= 4 is 23.2 Å². The van der Waals surface area contributed by atoms with Gasteiger partial charge in [0.05, 0.1) is 10.6 Å². The van der Waals surface area contributed by atoms with Crippen molar-refractivity contribution in [2.24, 2.45) is 11.5 Å². The van der Waals surface area contributed by atoms with E-state index in [1.165, 1.54) is 0 Å². The quantitative estimate of drug-likeness (QED) is 0.749. The molecule has 0 aromatic heterocycles. The van der Waals surface area contributed by atoms with Crippen LogP contribution in [0.4, 0.5) is 5.69 Å². The number of halogens is 1. The van der Waals surface area contributed by atoms with E-state index < -0.39 is 5.91 Å². The molecule has 1 amide bonds. The molecule has 88 valence electrons. The van der Waals surface area contributed by atoms with Crippen LogP contribution in [-0.2, 0) is 0 Å². The minimum atomic E-state index is -0.533. The SMILES string of the molecule is CC(C)(CN)Nc1ccc(C(N)=O)c(Cl)c1. The van der Waals surface area contributed by atoms with Gasteiger partial charge >= 0.3 is 0 Å². The molecule has 5 N–H and O–H groups in total. The smallest absolute Gasteiger partial charge is 0.250 e. The first-order valence-corrected chi connectivity index (χ1v) is 5.31. The van der Waals surface area contributed by atoms with Gasteiger partial charge in [-0.3, -0.25) is 4.79 Å². The van der Waals surface area contributed by atoms with Crippen LogP contribution in [0.25, 0.3) is 0 Å². The zero-order valence-electron chi connectivity index (χ0n) is 9.38. The summed E-state index contributed by atoms with van der Waals surface area (Å²) in [5.41, 5.74) is 11.7. The lowest BCUT2D eigenvalue weighted by molar-refractivity contribution is 0.100. The molecule has 0 aliphatic rings. The highest BCUT2D eigenvalue weighted by molar-refractivity contribution is 6.34.